The summed E-state index contributed by atoms with van der Waals surface area (Å²) in [6.45, 7) is 1.01. The second-order valence-electron chi connectivity index (χ2n) is 6.79. The second-order valence-corrected chi connectivity index (χ2v) is 6.79. The Morgan fingerprint density at radius 2 is 2.00 bits per heavy atom. The number of urea groups is 1. The Bertz CT molecular complexity index is 1090. The predicted molar refractivity (Wildman–Crippen MR) is 111 cm³/mol. The van der Waals surface area contributed by atoms with Gasteiger partial charge in [0.2, 0.25) is 0 Å². The second kappa shape index (κ2) is 8.32. The van der Waals surface area contributed by atoms with Gasteiger partial charge in [0.05, 0.1) is 31.0 Å². The first-order valence-electron chi connectivity index (χ1n) is 9.48. The number of carbonyl (C=O) groups is 1. The first-order valence-corrected chi connectivity index (χ1v) is 9.48. The number of aromatic nitrogens is 2. The van der Waals surface area contributed by atoms with Crippen molar-refractivity contribution in [2.24, 2.45) is 0 Å². The van der Waals surface area contributed by atoms with E-state index >= 15 is 0 Å². The SMILES string of the molecule is COc1ccccc1NC(=O)Nc1c2ccccc2nc(=O)n1C[C@@H]1CCCO1. The number of ether oxygens (including phenoxy) is 2. The van der Waals surface area contributed by atoms with Gasteiger partial charge in [0.15, 0.2) is 0 Å². The van der Waals surface area contributed by atoms with Crippen LogP contribution in [0.5, 0.6) is 5.75 Å². The molecule has 1 saturated heterocycles. The van der Waals surface area contributed by atoms with Crippen molar-refractivity contribution < 1.29 is 14.3 Å². The van der Waals surface area contributed by atoms with Gasteiger partial charge in [0.25, 0.3) is 0 Å². The van der Waals surface area contributed by atoms with Crippen LogP contribution in [0.25, 0.3) is 10.9 Å². The van der Waals surface area contributed by atoms with Gasteiger partial charge in [-0.3, -0.25) is 9.88 Å². The van der Waals surface area contributed by atoms with Crippen molar-refractivity contribution in [3.05, 3.63) is 59.0 Å². The van der Waals surface area contributed by atoms with Crippen molar-refractivity contribution in [3.8, 4) is 5.75 Å². The largest absolute Gasteiger partial charge is 0.495 e. The number of fused-ring (bicyclic) bond motifs is 1. The Labute approximate surface area is 167 Å². The van der Waals surface area contributed by atoms with E-state index in [1.165, 1.54) is 11.7 Å². The average molecular weight is 394 g/mol. The number of hydrogen-bond donors (Lipinski definition) is 2. The molecule has 1 fully saturated rings. The van der Waals surface area contributed by atoms with E-state index in [0.717, 1.165) is 12.8 Å². The number of anilines is 2. The maximum atomic E-state index is 12.7. The van der Waals surface area contributed by atoms with Crippen LogP contribution in [-0.2, 0) is 11.3 Å². The van der Waals surface area contributed by atoms with Gasteiger partial charge in [-0.25, -0.2) is 9.59 Å². The van der Waals surface area contributed by atoms with E-state index in [4.69, 9.17) is 9.47 Å². The van der Waals surface area contributed by atoms with Crippen LogP contribution in [0.15, 0.2) is 53.3 Å². The lowest BCUT2D eigenvalue weighted by Gasteiger charge is -2.19. The van der Waals surface area contributed by atoms with E-state index < -0.39 is 11.7 Å². The summed E-state index contributed by atoms with van der Waals surface area (Å²) in [5, 5.41) is 6.28. The van der Waals surface area contributed by atoms with Crippen LogP contribution < -0.4 is 21.1 Å². The lowest BCUT2D eigenvalue weighted by Crippen LogP contribution is -2.33. The minimum Gasteiger partial charge on any atom is -0.495 e. The van der Waals surface area contributed by atoms with Gasteiger partial charge in [0.1, 0.15) is 11.6 Å². The maximum Gasteiger partial charge on any atom is 0.349 e. The summed E-state index contributed by atoms with van der Waals surface area (Å²) in [4.78, 5) is 29.6. The molecule has 1 atom stereocenters. The van der Waals surface area contributed by atoms with Gasteiger partial charge in [-0.05, 0) is 37.1 Å². The molecular weight excluding hydrogens is 372 g/mol. The summed E-state index contributed by atoms with van der Waals surface area (Å²) < 4.78 is 12.4. The number of hydrogen-bond acceptors (Lipinski definition) is 5. The molecule has 1 aliphatic rings. The highest BCUT2D eigenvalue weighted by Crippen LogP contribution is 2.25. The summed E-state index contributed by atoms with van der Waals surface area (Å²) in [6.07, 6.45) is 1.75. The summed E-state index contributed by atoms with van der Waals surface area (Å²) in [6, 6.07) is 13.8. The Balaban J connectivity index is 1.68. The first kappa shape index (κ1) is 18.9. The van der Waals surface area contributed by atoms with Crippen LogP contribution in [0.2, 0.25) is 0 Å². The van der Waals surface area contributed by atoms with Crippen LogP contribution >= 0.6 is 0 Å². The highest BCUT2D eigenvalue weighted by molar-refractivity contribution is 6.04. The van der Waals surface area contributed by atoms with Gasteiger partial charge in [-0.15, -0.1) is 0 Å². The maximum absolute atomic E-state index is 12.7. The van der Waals surface area contributed by atoms with Crippen LogP contribution in [0.4, 0.5) is 16.3 Å². The fraction of sp³-hybridized carbons (Fsp3) is 0.286. The number of rotatable bonds is 5. The topological polar surface area (TPSA) is 94.5 Å². The minimum absolute atomic E-state index is 0.0755. The molecule has 8 heteroatoms. The van der Waals surface area contributed by atoms with Crippen LogP contribution in [0.3, 0.4) is 0 Å². The van der Waals surface area contributed by atoms with Crippen LogP contribution in [0, 0.1) is 0 Å². The van der Waals surface area contributed by atoms with Gasteiger partial charge in [-0.2, -0.15) is 4.98 Å². The molecule has 0 bridgehead atoms. The van der Waals surface area contributed by atoms with Gasteiger partial charge < -0.3 is 14.8 Å². The molecule has 0 aliphatic carbocycles. The molecule has 150 valence electrons. The number of nitrogens with one attached hydrogen (secondary N) is 2. The smallest absolute Gasteiger partial charge is 0.349 e. The molecule has 3 aromatic rings. The zero-order chi connectivity index (χ0) is 20.2. The molecule has 4 rings (SSSR count). The summed E-state index contributed by atoms with van der Waals surface area (Å²) >= 11 is 0. The summed E-state index contributed by atoms with van der Waals surface area (Å²) in [5.41, 5.74) is 0.624. The van der Waals surface area contributed by atoms with Crippen molar-refractivity contribution in [3.63, 3.8) is 0 Å². The van der Waals surface area contributed by atoms with Crippen molar-refractivity contribution >= 4 is 28.4 Å². The molecule has 29 heavy (non-hydrogen) atoms. The third-order valence-electron chi connectivity index (χ3n) is 4.87. The lowest BCUT2D eigenvalue weighted by atomic mass is 10.2. The lowest BCUT2D eigenvalue weighted by molar-refractivity contribution is 0.0964. The van der Waals surface area contributed by atoms with E-state index in [9.17, 15) is 9.59 Å². The highest BCUT2D eigenvalue weighted by atomic mass is 16.5. The molecule has 2 aromatic carbocycles. The van der Waals surface area contributed by atoms with Crippen molar-refractivity contribution in [1.82, 2.24) is 9.55 Å². The third kappa shape index (κ3) is 4.07. The Kier molecular flexibility index (Phi) is 5.44. The molecule has 2 N–H and O–H groups in total. The normalized spacial score (nSPS) is 16.0. The molecule has 8 nitrogen and oxygen atoms in total. The molecule has 0 saturated carbocycles. The molecule has 0 radical (unpaired) electrons. The summed E-state index contributed by atoms with van der Waals surface area (Å²) in [5.74, 6) is 0.933. The van der Waals surface area contributed by atoms with Crippen molar-refractivity contribution in [1.29, 1.82) is 0 Å². The van der Waals surface area contributed by atoms with Crippen LogP contribution in [-0.4, -0.2) is 35.4 Å². The van der Waals surface area contributed by atoms with Gasteiger partial charge in [0, 0.05) is 12.0 Å². The summed E-state index contributed by atoms with van der Waals surface area (Å²) in [7, 11) is 1.54. The first-order chi connectivity index (χ1) is 14.2. The van der Waals surface area contributed by atoms with Crippen molar-refractivity contribution in [2.45, 2.75) is 25.5 Å². The van der Waals surface area contributed by atoms with E-state index in [-0.39, 0.29) is 6.10 Å². The van der Waals surface area contributed by atoms with Crippen molar-refractivity contribution in [2.75, 3.05) is 24.4 Å². The Morgan fingerprint density at radius 1 is 1.21 bits per heavy atom. The number of para-hydroxylation sites is 3. The quantitative estimate of drug-likeness (QED) is 0.693. The molecule has 2 amide bonds. The van der Waals surface area contributed by atoms with E-state index in [1.54, 1.807) is 30.3 Å². The number of amides is 2. The minimum atomic E-state index is -0.480. The van der Waals surface area contributed by atoms with E-state index in [1.807, 2.05) is 18.2 Å². The van der Waals surface area contributed by atoms with E-state index in [2.05, 4.69) is 15.6 Å². The number of nitrogens with zero attached hydrogens (tertiary/aromatic N) is 2. The Morgan fingerprint density at radius 3 is 2.79 bits per heavy atom. The highest BCUT2D eigenvalue weighted by Gasteiger charge is 2.21. The number of benzene rings is 2. The Hall–Kier alpha value is -3.39. The molecule has 1 aromatic heterocycles. The number of methoxy groups -OCH3 is 1. The zero-order valence-electron chi connectivity index (χ0n) is 16.1. The molecular formula is C21H22N4O4. The van der Waals surface area contributed by atoms with Gasteiger partial charge >= 0.3 is 11.7 Å². The van der Waals surface area contributed by atoms with Gasteiger partial charge in [-0.1, -0.05) is 24.3 Å². The molecule has 0 spiro atoms. The fourth-order valence-corrected chi connectivity index (χ4v) is 3.48. The molecule has 2 heterocycles. The predicted octanol–water partition coefficient (Wildman–Crippen LogP) is 3.23. The average Bonchev–Trinajstić information content (AvgIpc) is 3.24. The molecule has 0 unspecified atom stereocenters. The van der Waals surface area contributed by atoms with Crippen LogP contribution in [0.1, 0.15) is 12.8 Å². The zero-order valence-corrected chi connectivity index (χ0v) is 16.1. The van der Waals surface area contributed by atoms with E-state index in [0.29, 0.717) is 41.3 Å². The standard InChI is InChI=1S/C21H22N4O4/c1-28-18-11-5-4-10-17(18)22-20(26)24-19-15-8-2-3-9-16(15)23-21(27)25(19)13-14-7-6-12-29-14/h2-5,8-11,14H,6-7,12-13H2,1H3,(H2,22,24,26)/t14-/m0/s1. The monoisotopic (exact) mass is 394 g/mol. The molecule has 1 aliphatic heterocycles. The fourth-order valence-electron chi connectivity index (χ4n) is 3.48. The number of carbonyl (C=O) groups excluding carboxylic acids is 1. The third-order valence-corrected chi connectivity index (χ3v) is 4.87.